The number of halogens is 1. The number of nitrogens with one attached hydrogen (secondary N) is 2. The van der Waals surface area contributed by atoms with E-state index in [1.54, 1.807) is 57.2 Å². The molecule has 182 valence electrons. The summed E-state index contributed by atoms with van der Waals surface area (Å²) < 4.78 is 48.1. The number of rotatable bonds is 9. The van der Waals surface area contributed by atoms with Crippen LogP contribution < -0.4 is 50.0 Å². The molecule has 0 amide bonds. The molecule has 0 aliphatic heterocycles. The maximum absolute atomic E-state index is 14.3. The molecule has 0 saturated heterocycles. The van der Waals surface area contributed by atoms with Crippen molar-refractivity contribution in [2.75, 3.05) is 17.2 Å². The molecule has 10 nitrogen and oxygen atoms in total. The van der Waals surface area contributed by atoms with Gasteiger partial charge < -0.3 is 20.5 Å². The Morgan fingerprint density at radius 3 is 2.50 bits per heavy atom. The quantitative estimate of drug-likeness (QED) is 0.232. The van der Waals surface area contributed by atoms with Crippen LogP contribution in [0, 0.1) is 30.0 Å². The van der Waals surface area contributed by atoms with E-state index >= 15 is 0 Å². The number of aryl methyl sites for hydroxylation is 1. The molecule has 36 heavy (non-hydrogen) atoms. The topological polar surface area (TPSA) is 152 Å². The third-order valence-corrected chi connectivity index (χ3v) is 6.01. The minimum atomic E-state index is -4.22. The van der Waals surface area contributed by atoms with Crippen molar-refractivity contribution >= 4 is 39.1 Å². The molecule has 0 radical (unpaired) electrons. The Hall–Kier alpha value is -3.24. The van der Waals surface area contributed by atoms with Gasteiger partial charge in [-0.1, -0.05) is 19.9 Å². The van der Waals surface area contributed by atoms with Crippen LogP contribution in [0.3, 0.4) is 0 Å². The van der Waals surface area contributed by atoms with Gasteiger partial charge in [-0.05, 0) is 60.7 Å². The molecule has 0 bridgehead atoms. The minimum Gasteiger partial charge on any atom is -0.861 e. The molecule has 2 aromatic carbocycles. The molecule has 1 heterocycles. The van der Waals surface area contributed by atoms with Crippen molar-refractivity contribution in [1.82, 2.24) is 9.97 Å². The van der Waals surface area contributed by atoms with Crippen LogP contribution in [0.5, 0.6) is 5.75 Å². The third-order valence-electron chi connectivity index (χ3n) is 4.59. The summed E-state index contributed by atoms with van der Waals surface area (Å²) in [5.74, 6) is -1.65. The van der Waals surface area contributed by atoms with E-state index in [2.05, 4.69) is 25.0 Å². The number of hydrogen-bond donors (Lipinski definition) is 2. The van der Waals surface area contributed by atoms with Crippen molar-refractivity contribution in [1.29, 1.82) is 5.26 Å². The number of hydrogen-bond acceptors (Lipinski definition) is 9. The molecule has 2 N–H and O–H groups in total. The van der Waals surface area contributed by atoms with Gasteiger partial charge in [-0.3, -0.25) is 0 Å². The zero-order valence-corrected chi connectivity index (χ0v) is 22.9. The Morgan fingerprint density at radius 1 is 1.19 bits per heavy atom. The van der Waals surface area contributed by atoms with Gasteiger partial charge in [0, 0.05) is 11.4 Å². The van der Waals surface area contributed by atoms with Gasteiger partial charge in [-0.15, -0.1) is 0 Å². The van der Waals surface area contributed by atoms with Gasteiger partial charge in [0.25, 0.3) is 10.0 Å². The maximum atomic E-state index is 14.3. The molecule has 1 aromatic heterocycles. The fourth-order valence-electron chi connectivity index (χ4n) is 2.76. The van der Waals surface area contributed by atoms with Crippen molar-refractivity contribution < 1.29 is 52.2 Å². The van der Waals surface area contributed by atoms with E-state index in [1.807, 2.05) is 6.07 Å². The van der Waals surface area contributed by atoms with Crippen LogP contribution in [0.25, 0.3) is 0 Å². The van der Waals surface area contributed by atoms with E-state index in [9.17, 15) is 17.9 Å². The van der Waals surface area contributed by atoms with Crippen LogP contribution in [-0.4, -0.2) is 30.9 Å². The predicted molar refractivity (Wildman–Crippen MR) is 127 cm³/mol. The van der Waals surface area contributed by atoms with Gasteiger partial charge in [-0.2, -0.15) is 23.1 Å². The van der Waals surface area contributed by atoms with E-state index < -0.39 is 27.7 Å². The molecule has 0 saturated carbocycles. The second-order valence-electron chi connectivity index (χ2n) is 7.65. The Kier molecular flexibility index (Phi) is 10.2. The van der Waals surface area contributed by atoms with Crippen molar-refractivity contribution in [3.8, 4) is 11.8 Å². The van der Waals surface area contributed by atoms with Gasteiger partial charge in [0.05, 0.1) is 11.1 Å². The third kappa shape index (κ3) is 7.63. The van der Waals surface area contributed by atoms with Crippen LogP contribution >= 0.6 is 0 Å². The summed E-state index contributed by atoms with van der Waals surface area (Å²) in [6.45, 7) is 4.60. The number of nitriles is 1. The summed E-state index contributed by atoms with van der Waals surface area (Å²) in [6, 6.07) is 12.8. The van der Waals surface area contributed by atoms with Crippen molar-refractivity contribution in [2.45, 2.75) is 25.7 Å². The van der Waals surface area contributed by atoms with Crippen LogP contribution in [0.4, 0.5) is 27.5 Å². The van der Waals surface area contributed by atoms with Gasteiger partial charge in [0.1, 0.15) is 11.8 Å². The van der Waals surface area contributed by atoms with Crippen molar-refractivity contribution in [2.24, 2.45) is 10.3 Å². The smallest absolute Gasteiger partial charge is 0.861 e. The van der Waals surface area contributed by atoms with E-state index in [4.69, 9.17) is 10.00 Å². The molecule has 0 fully saturated rings. The van der Waals surface area contributed by atoms with Crippen molar-refractivity contribution in [3.63, 3.8) is 0 Å². The fourth-order valence-corrected chi connectivity index (χ4v) is 4.06. The average Bonchev–Trinajstić information content (AvgIpc) is 2.81. The summed E-state index contributed by atoms with van der Waals surface area (Å²) in [6.07, 6.45) is 0.963. The first-order valence-electron chi connectivity index (χ1n) is 10.4. The van der Waals surface area contributed by atoms with Crippen LogP contribution in [0.15, 0.2) is 58.0 Å². The number of benzene rings is 2. The van der Waals surface area contributed by atoms with E-state index in [1.165, 1.54) is 6.07 Å². The molecule has 0 aliphatic carbocycles. The van der Waals surface area contributed by atoms with Crippen LogP contribution in [0.2, 0.25) is 0 Å². The molecule has 0 spiro atoms. The Bertz CT molecular complexity index is 1390. The zero-order valence-electron chi connectivity index (χ0n) is 20.1. The normalized spacial score (nSPS) is 11.4. The standard InChI is InChI=1S/C23H23FN6O4S.Na/c1-14(2)22(31)30-35(32,33)20-12-17(5-4-15(20)3)28-23-26-13-19(24)21(29-23)27-16-6-8-18(9-7-16)34-11-10-25;/h4-9,12-14H,11H2,1-3H3,(H,30,31)(H2,26,27,28,29);/q;+1/p-1. The van der Waals surface area contributed by atoms with E-state index in [-0.39, 0.29) is 52.8 Å². The average molecular weight is 521 g/mol. The van der Waals surface area contributed by atoms with Crippen LogP contribution in [-0.2, 0) is 10.0 Å². The van der Waals surface area contributed by atoms with Gasteiger partial charge in [0.2, 0.25) is 5.95 Å². The molecule has 13 heteroatoms. The molecule has 3 aromatic rings. The molecular formula is C23H22FN6NaO4S. The first kappa shape index (κ1) is 29.0. The second kappa shape index (κ2) is 12.6. The first-order chi connectivity index (χ1) is 16.6. The minimum absolute atomic E-state index is 0. The monoisotopic (exact) mass is 520 g/mol. The number of ether oxygens (including phenoxy) is 1. The molecule has 0 atom stereocenters. The maximum Gasteiger partial charge on any atom is 1.00 e. The largest absolute Gasteiger partial charge is 1.00 e. The Balaban J connectivity index is 0.00000456. The van der Waals surface area contributed by atoms with Gasteiger partial charge in [0.15, 0.2) is 18.2 Å². The van der Waals surface area contributed by atoms with E-state index in [0.717, 1.165) is 6.20 Å². The fraction of sp³-hybridized carbons (Fsp3) is 0.217. The molecule has 3 rings (SSSR count). The molecule has 0 unspecified atom stereocenters. The second-order valence-corrected chi connectivity index (χ2v) is 9.22. The molecular weight excluding hydrogens is 498 g/mol. The summed E-state index contributed by atoms with van der Waals surface area (Å²) in [5, 5.41) is 26.1. The SMILES string of the molecule is Cc1ccc(Nc2ncc(F)c(Nc3ccc(OCC#N)cc3)n2)cc1S(=O)(=O)/N=C(\[O-])C(C)C.[Na+]. The van der Waals surface area contributed by atoms with E-state index in [0.29, 0.717) is 22.7 Å². The Morgan fingerprint density at radius 2 is 1.86 bits per heavy atom. The number of nitrogens with zero attached hydrogens (tertiary/aromatic N) is 4. The number of aromatic nitrogens is 2. The van der Waals surface area contributed by atoms with Crippen LogP contribution in [0.1, 0.15) is 19.4 Å². The zero-order chi connectivity index (χ0) is 25.6. The molecule has 0 aliphatic rings. The van der Waals surface area contributed by atoms with Crippen molar-refractivity contribution in [3.05, 3.63) is 60.0 Å². The van der Waals surface area contributed by atoms with Gasteiger partial charge in [-0.25, -0.2) is 9.37 Å². The van der Waals surface area contributed by atoms with Gasteiger partial charge >= 0.3 is 29.6 Å². The summed E-state index contributed by atoms with van der Waals surface area (Å²) in [7, 11) is -4.22. The summed E-state index contributed by atoms with van der Waals surface area (Å²) in [4.78, 5) is 7.86. The summed E-state index contributed by atoms with van der Waals surface area (Å²) in [5.41, 5.74) is 1.22. The summed E-state index contributed by atoms with van der Waals surface area (Å²) >= 11 is 0. The number of sulfonamides is 1. The first-order valence-corrected chi connectivity index (χ1v) is 11.8. The number of anilines is 4. The predicted octanol–water partition coefficient (Wildman–Crippen LogP) is 0.421. The Labute approximate surface area is 230 Å².